The Labute approximate surface area is 117 Å². The highest BCUT2D eigenvalue weighted by atomic mass is 16.1. The Bertz CT molecular complexity index is 300. The summed E-state index contributed by atoms with van der Waals surface area (Å²) >= 11 is 0. The van der Waals surface area contributed by atoms with Crippen LogP contribution in [0, 0.1) is 11.8 Å². The van der Waals surface area contributed by atoms with Gasteiger partial charge in [0.05, 0.1) is 0 Å². The van der Waals surface area contributed by atoms with E-state index in [2.05, 4.69) is 19.2 Å². The van der Waals surface area contributed by atoms with Crippen LogP contribution < -0.4 is 11.1 Å². The third kappa shape index (κ3) is 4.48. The highest BCUT2D eigenvalue weighted by molar-refractivity contribution is 5.77. The second-order valence-electron chi connectivity index (χ2n) is 7.28. The van der Waals surface area contributed by atoms with Crippen molar-refractivity contribution in [1.29, 1.82) is 0 Å². The van der Waals surface area contributed by atoms with Gasteiger partial charge in [-0.2, -0.15) is 0 Å². The van der Waals surface area contributed by atoms with Crippen LogP contribution in [0.5, 0.6) is 0 Å². The van der Waals surface area contributed by atoms with Crippen LogP contribution >= 0.6 is 0 Å². The van der Waals surface area contributed by atoms with Crippen molar-refractivity contribution in [3.05, 3.63) is 0 Å². The SMILES string of the molecule is CC1CC(C)CC(NC(=O)CC2(N)CCCCC2)C1. The number of nitrogens with one attached hydrogen (secondary N) is 1. The highest BCUT2D eigenvalue weighted by Gasteiger charge is 2.31. The van der Waals surface area contributed by atoms with Crippen LogP contribution in [0.2, 0.25) is 0 Å². The summed E-state index contributed by atoms with van der Waals surface area (Å²) in [6.07, 6.45) is 9.75. The van der Waals surface area contributed by atoms with Crippen molar-refractivity contribution in [2.75, 3.05) is 0 Å². The van der Waals surface area contributed by atoms with Gasteiger partial charge in [0.1, 0.15) is 0 Å². The van der Waals surface area contributed by atoms with E-state index in [1.54, 1.807) is 0 Å². The van der Waals surface area contributed by atoms with Gasteiger partial charge in [-0.25, -0.2) is 0 Å². The quantitative estimate of drug-likeness (QED) is 0.825. The van der Waals surface area contributed by atoms with Gasteiger partial charge < -0.3 is 11.1 Å². The molecule has 0 radical (unpaired) electrons. The highest BCUT2D eigenvalue weighted by Crippen LogP contribution is 2.30. The van der Waals surface area contributed by atoms with Crippen molar-refractivity contribution >= 4 is 5.91 Å². The number of carbonyl (C=O) groups is 1. The molecule has 0 aromatic rings. The lowest BCUT2D eigenvalue weighted by atomic mass is 9.79. The maximum Gasteiger partial charge on any atom is 0.222 e. The largest absolute Gasteiger partial charge is 0.353 e. The van der Waals surface area contributed by atoms with E-state index in [4.69, 9.17) is 5.73 Å². The fraction of sp³-hybridized carbons (Fsp3) is 0.938. The monoisotopic (exact) mass is 266 g/mol. The lowest BCUT2D eigenvalue weighted by molar-refractivity contribution is -0.123. The molecule has 0 spiro atoms. The minimum absolute atomic E-state index is 0.177. The molecular formula is C16H30N2O. The number of hydrogen-bond donors (Lipinski definition) is 2. The van der Waals surface area contributed by atoms with Gasteiger partial charge in [0.25, 0.3) is 0 Å². The maximum absolute atomic E-state index is 12.2. The van der Waals surface area contributed by atoms with Gasteiger partial charge in [0.2, 0.25) is 5.91 Å². The first-order valence-electron chi connectivity index (χ1n) is 8.05. The van der Waals surface area contributed by atoms with Crippen molar-refractivity contribution in [2.45, 2.75) is 83.2 Å². The first-order valence-corrected chi connectivity index (χ1v) is 8.05. The molecule has 0 saturated heterocycles. The van der Waals surface area contributed by atoms with Gasteiger partial charge in [-0.3, -0.25) is 4.79 Å². The summed E-state index contributed by atoms with van der Waals surface area (Å²) in [6.45, 7) is 4.58. The molecule has 2 aliphatic rings. The summed E-state index contributed by atoms with van der Waals surface area (Å²) in [6, 6.07) is 0.374. The number of hydrogen-bond acceptors (Lipinski definition) is 2. The van der Waals surface area contributed by atoms with E-state index >= 15 is 0 Å². The fourth-order valence-electron chi connectivity index (χ4n) is 4.10. The Balaban J connectivity index is 1.80. The molecule has 0 bridgehead atoms. The first-order chi connectivity index (χ1) is 8.97. The van der Waals surface area contributed by atoms with Crippen LogP contribution in [-0.2, 0) is 4.79 Å². The van der Waals surface area contributed by atoms with Gasteiger partial charge in [-0.1, -0.05) is 33.1 Å². The average Bonchev–Trinajstić information content (AvgIpc) is 2.27. The zero-order chi connectivity index (χ0) is 13.9. The van der Waals surface area contributed by atoms with E-state index in [1.807, 2.05) is 0 Å². The van der Waals surface area contributed by atoms with Crippen LogP contribution in [0.25, 0.3) is 0 Å². The van der Waals surface area contributed by atoms with E-state index in [0.717, 1.165) is 37.5 Å². The Hall–Kier alpha value is -0.570. The molecular weight excluding hydrogens is 236 g/mol. The Morgan fingerprint density at radius 2 is 1.68 bits per heavy atom. The molecule has 2 saturated carbocycles. The second kappa shape index (κ2) is 6.25. The van der Waals surface area contributed by atoms with Gasteiger partial charge in [0.15, 0.2) is 0 Å². The summed E-state index contributed by atoms with van der Waals surface area (Å²) in [5.74, 6) is 1.64. The fourth-order valence-corrected chi connectivity index (χ4v) is 4.10. The van der Waals surface area contributed by atoms with Crippen LogP contribution in [0.1, 0.15) is 71.6 Å². The van der Waals surface area contributed by atoms with Gasteiger partial charge in [-0.15, -0.1) is 0 Å². The van der Waals surface area contributed by atoms with Crippen LogP contribution in [-0.4, -0.2) is 17.5 Å². The minimum Gasteiger partial charge on any atom is -0.353 e. The molecule has 2 aliphatic carbocycles. The topological polar surface area (TPSA) is 55.1 Å². The molecule has 3 N–H and O–H groups in total. The molecule has 3 nitrogen and oxygen atoms in total. The van der Waals surface area contributed by atoms with E-state index in [1.165, 1.54) is 25.7 Å². The Morgan fingerprint density at radius 1 is 1.11 bits per heavy atom. The van der Waals surface area contributed by atoms with Gasteiger partial charge in [0, 0.05) is 18.0 Å². The molecule has 2 unspecified atom stereocenters. The summed E-state index contributed by atoms with van der Waals surface area (Å²) in [7, 11) is 0. The van der Waals surface area contributed by atoms with E-state index in [0.29, 0.717) is 12.5 Å². The Morgan fingerprint density at radius 3 is 2.26 bits per heavy atom. The normalized spacial score (nSPS) is 34.8. The summed E-state index contributed by atoms with van der Waals surface area (Å²) < 4.78 is 0. The third-order valence-electron chi connectivity index (χ3n) is 4.91. The van der Waals surface area contributed by atoms with Crippen LogP contribution in [0.15, 0.2) is 0 Å². The number of amides is 1. The zero-order valence-electron chi connectivity index (χ0n) is 12.6. The molecule has 110 valence electrons. The molecule has 1 amide bonds. The van der Waals surface area contributed by atoms with E-state index < -0.39 is 0 Å². The molecule has 0 aromatic carbocycles. The zero-order valence-corrected chi connectivity index (χ0v) is 12.6. The number of rotatable bonds is 3. The molecule has 0 aromatic heterocycles. The van der Waals surface area contributed by atoms with Crippen LogP contribution in [0.3, 0.4) is 0 Å². The summed E-state index contributed by atoms with van der Waals surface area (Å²) in [4.78, 5) is 12.2. The smallest absolute Gasteiger partial charge is 0.222 e. The summed E-state index contributed by atoms with van der Waals surface area (Å²) in [5.41, 5.74) is 6.13. The van der Waals surface area contributed by atoms with Crippen molar-refractivity contribution in [2.24, 2.45) is 17.6 Å². The predicted octanol–water partition coefficient (Wildman–Crippen LogP) is 2.98. The number of carbonyl (C=O) groups excluding carboxylic acids is 1. The van der Waals surface area contributed by atoms with Crippen molar-refractivity contribution in [1.82, 2.24) is 5.32 Å². The first kappa shape index (κ1) is 14.8. The molecule has 3 heteroatoms. The van der Waals surface area contributed by atoms with E-state index in [-0.39, 0.29) is 11.4 Å². The predicted molar refractivity (Wildman–Crippen MR) is 78.7 cm³/mol. The molecule has 2 atom stereocenters. The minimum atomic E-state index is -0.228. The average molecular weight is 266 g/mol. The lowest BCUT2D eigenvalue weighted by Crippen LogP contribution is -2.48. The molecule has 2 fully saturated rings. The van der Waals surface area contributed by atoms with Crippen molar-refractivity contribution in [3.63, 3.8) is 0 Å². The Kier molecular flexibility index (Phi) is 4.88. The molecule has 0 aliphatic heterocycles. The molecule has 2 rings (SSSR count). The lowest BCUT2D eigenvalue weighted by Gasteiger charge is -2.35. The molecule has 0 heterocycles. The standard InChI is InChI=1S/C16H30N2O/c1-12-8-13(2)10-14(9-12)18-15(19)11-16(17)6-4-3-5-7-16/h12-14H,3-11,17H2,1-2H3,(H,18,19). The second-order valence-corrected chi connectivity index (χ2v) is 7.28. The van der Waals surface area contributed by atoms with Crippen molar-refractivity contribution < 1.29 is 4.79 Å². The van der Waals surface area contributed by atoms with Gasteiger partial charge in [-0.05, 0) is 43.9 Å². The number of nitrogens with two attached hydrogens (primary N) is 1. The van der Waals surface area contributed by atoms with E-state index in [9.17, 15) is 4.79 Å². The van der Waals surface area contributed by atoms with Crippen LogP contribution in [0.4, 0.5) is 0 Å². The van der Waals surface area contributed by atoms with Crippen molar-refractivity contribution in [3.8, 4) is 0 Å². The third-order valence-corrected chi connectivity index (χ3v) is 4.91. The molecule has 19 heavy (non-hydrogen) atoms. The summed E-state index contributed by atoms with van der Waals surface area (Å²) in [5, 5.41) is 3.23. The maximum atomic E-state index is 12.2. The van der Waals surface area contributed by atoms with Gasteiger partial charge >= 0.3 is 0 Å².